The Balaban J connectivity index is 2.28. The molecule has 18 heavy (non-hydrogen) atoms. The molecule has 4 heteroatoms. The molecule has 1 aliphatic rings. The maximum atomic E-state index is 12.4. The van der Waals surface area contributed by atoms with Gasteiger partial charge < -0.3 is 10.2 Å². The first kappa shape index (κ1) is 12.6. The van der Waals surface area contributed by atoms with Crippen molar-refractivity contribution < 1.29 is 9.59 Å². The van der Waals surface area contributed by atoms with Gasteiger partial charge in [-0.15, -0.1) is 0 Å². The predicted octanol–water partition coefficient (Wildman–Crippen LogP) is 1.26. The van der Waals surface area contributed by atoms with Crippen LogP contribution in [0.25, 0.3) is 0 Å². The molecular formula is C14H18N2O2. The third-order valence-corrected chi connectivity index (χ3v) is 3.37. The van der Waals surface area contributed by atoms with Crippen molar-refractivity contribution in [3.05, 3.63) is 34.9 Å². The number of benzene rings is 1. The number of amides is 2. The van der Waals surface area contributed by atoms with Crippen molar-refractivity contribution in [2.24, 2.45) is 0 Å². The van der Waals surface area contributed by atoms with E-state index < -0.39 is 6.04 Å². The minimum absolute atomic E-state index is 0.0603. The van der Waals surface area contributed by atoms with Crippen LogP contribution >= 0.6 is 0 Å². The molecule has 1 N–H and O–H groups in total. The molecule has 0 radical (unpaired) electrons. The fourth-order valence-corrected chi connectivity index (χ4v) is 2.27. The number of nitrogens with one attached hydrogen (secondary N) is 1. The van der Waals surface area contributed by atoms with E-state index in [1.165, 1.54) is 0 Å². The Hall–Kier alpha value is -1.84. The van der Waals surface area contributed by atoms with Gasteiger partial charge in [0, 0.05) is 18.7 Å². The normalized spacial score (nSPS) is 19.6. The number of aryl methyl sites for hydroxylation is 2. The minimum Gasteiger partial charge on any atom is -0.353 e. The van der Waals surface area contributed by atoms with Crippen molar-refractivity contribution in [2.45, 2.75) is 26.8 Å². The van der Waals surface area contributed by atoms with Crippen LogP contribution in [-0.4, -0.2) is 35.8 Å². The second kappa shape index (κ2) is 4.80. The summed E-state index contributed by atoms with van der Waals surface area (Å²) in [6.45, 7) is 6.78. The Morgan fingerprint density at radius 2 is 2.11 bits per heavy atom. The lowest BCUT2D eigenvalue weighted by Gasteiger charge is -2.33. The van der Waals surface area contributed by atoms with E-state index >= 15 is 0 Å². The van der Waals surface area contributed by atoms with Gasteiger partial charge in [0.25, 0.3) is 5.91 Å². The SMILES string of the molecule is Cc1ccc(C(=O)N2CCNC(=O)C2C)c(C)c1. The summed E-state index contributed by atoms with van der Waals surface area (Å²) in [5, 5.41) is 2.76. The molecule has 0 saturated carbocycles. The molecule has 0 spiro atoms. The Labute approximate surface area is 107 Å². The van der Waals surface area contributed by atoms with E-state index in [4.69, 9.17) is 0 Å². The highest BCUT2D eigenvalue weighted by molar-refractivity contribution is 5.99. The standard InChI is InChI=1S/C14H18N2O2/c1-9-4-5-12(10(2)8-9)14(18)16-7-6-15-13(17)11(16)3/h4-5,8,11H,6-7H2,1-3H3,(H,15,17). The van der Waals surface area contributed by atoms with Crippen LogP contribution < -0.4 is 5.32 Å². The Morgan fingerprint density at radius 1 is 1.39 bits per heavy atom. The summed E-state index contributed by atoms with van der Waals surface area (Å²) < 4.78 is 0. The molecule has 1 fully saturated rings. The molecule has 0 aromatic heterocycles. The fraction of sp³-hybridized carbons (Fsp3) is 0.429. The minimum atomic E-state index is -0.396. The highest BCUT2D eigenvalue weighted by Gasteiger charge is 2.30. The van der Waals surface area contributed by atoms with Gasteiger partial charge in [0.15, 0.2) is 0 Å². The number of carbonyl (C=O) groups is 2. The van der Waals surface area contributed by atoms with Gasteiger partial charge in [-0.25, -0.2) is 0 Å². The number of carbonyl (C=O) groups excluding carboxylic acids is 2. The predicted molar refractivity (Wildman–Crippen MR) is 69.4 cm³/mol. The lowest BCUT2D eigenvalue weighted by molar-refractivity contribution is -0.127. The fourth-order valence-electron chi connectivity index (χ4n) is 2.27. The Bertz CT molecular complexity index is 497. The van der Waals surface area contributed by atoms with Crippen molar-refractivity contribution in [1.82, 2.24) is 10.2 Å². The molecule has 1 heterocycles. The quantitative estimate of drug-likeness (QED) is 0.811. The number of rotatable bonds is 1. The van der Waals surface area contributed by atoms with E-state index in [1.54, 1.807) is 11.8 Å². The molecule has 1 atom stereocenters. The van der Waals surface area contributed by atoms with Crippen LogP contribution in [0.5, 0.6) is 0 Å². The molecule has 1 saturated heterocycles. The summed E-state index contributed by atoms with van der Waals surface area (Å²) in [6, 6.07) is 5.36. The molecule has 1 aromatic rings. The monoisotopic (exact) mass is 246 g/mol. The lowest BCUT2D eigenvalue weighted by Crippen LogP contribution is -2.55. The van der Waals surface area contributed by atoms with E-state index in [1.807, 2.05) is 32.0 Å². The van der Waals surface area contributed by atoms with Gasteiger partial charge in [0.1, 0.15) is 6.04 Å². The highest BCUT2D eigenvalue weighted by Crippen LogP contribution is 2.16. The van der Waals surface area contributed by atoms with Gasteiger partial charge in [-0.05, 0) is 32.4 Å². The molecule has 2 rings (SSSR count). The molecule has 0 bridgehead atoms. The van der Waals surface area contributed by atoms with Crippen molar-refractivity contribution in [3.8, 4) is 0 Å². The zero-order valence-electron chi connectivity index (χ0n) is 11.0. The van der Waals surface area contributed by atoms with Crippen LogP contribution in [-0.2, 0) is 4.79 Å². The maximum absolute atomic E-state index is 12.4. The van der Waals surface area contributed by atoms with Gasteiger partial charge in [0.2, 0.25) is 5.91 Å². The largest absolute Gasteiger partial charge is 0.353 e. The molecule has 1 aliphatic heterocycles. The van der Waals surface area contributed by atoms with E-state index in [2.05, 4.69) is 5.32 Å². The van der Waals surface area contributed by atoms with Crippen molar-refractivity contribution >= 4 is 11.8 Å². The lowest BCUT2D eigenvalue weighted by atomic mass is 10.0. The summed E-state index contributed by atoms with van der Waals surface area (Å²) >= 11 is 0. The van der Waals surface area contributed by atoms with Gasteiger partial charge in [-0.1, -0.05) is 17.7 Å². The van der Waals surface area contributed by atoms with Crippen molar-refractivity contribution in [1.29, 1.82) is 0 Å². The zero-order valence-corrected chi connectivity index (χ0v) is 11.0. The van der Waals surface area contributed by atoms with E-state index in [0.29, 0.717) is 18.7 Å². The molecule has 96 valence electrons. The number of piperazine rings is 1. The maximum Gasteiger partial charge on any atom is 0.254 e. The van der Waals surface area contributed by atoms with E-state index in [-0.39, 0.29) is 11.8 Å². The topological polar surface area (TPSA) is 49.4 Å². The molecule has 0 aliphatic carbocycles. The van der Waals surface area contributed by atoms with Gasteiger partial charge in [-0.2, -0.15) is 0 Å². The molecule has 2 amide bonds. The summed E-state index contributed by atoms with van der Waals surface area (Å²) in [6.07, 6.45) is 0. The van der Waals surface area contributed by atoms with Gasteiger partial charge in [-0.3, -0.25) is 9.59 Å². The highest BCUT2D eigenvalue weighted by atomic mass is 16.2. The zero-order chi connectivity index (χ0) is 13.3. The summed E-state index contributed by atoms with van der Waals surface area (Å²) in [5.74, 6) is -0.144. The first-order chi connectivity index (χ1) is 8.50. The number of hydrogen-bond donors (Lipinski definition) is 1. The second-order valence-electron chi connectivity index (χ2n) is 4.78. The molecule has 1 aromatic carbocycles. The van der Waals surface area contributed by atoms with Gasteiger partial charge >= 0.3 is 0 Å². The van der Waals surface area contributed by atoms with E-state index in [0.717, 1.165) is 11.1 Å². The molecule has 4 nitrogen and oxygen atoms in total. The van der Waals surface area contributed by atoms with Crippen LogP contribution in [0.3, 0.4) is 0 Å². The van der Waals surface area contributed by atoms with Crippen LogP contribution in [0.4, 0.5) is 0 Å². The van der Waals surface area contributed by atoms with Crippen LogP contribution in [0.2, 0.25) is 0 Å². The smallest absolute Gasteiger partial charge is 0.254 e. The summed E-state index contributed by atoms with van der Waals surface area (Å²) in [5.41, 5.74) is 2.77. The van der Waals surface area contributed by atoms with Crippen LogP contribution in [0, 0.1) is 13.8 Å². The molecule has 1 unspecified atom stereocenters. The average molecular weight is 246 g/mol. The average Bonchev–Trinajstić information content (AvgIpc) is 2.32. The first-order valence-corrected chi connectivity index (χ1v) is 6.16. The number of hydrogen-bond acceptors (Lipinski definition) is 2. The second-order valence-corrected chi connectivity index (χ2v) is 4.78. The summed E-state index contributed by atoms with van der Waals surface area (Å²) in [7, 11) is 0. The Kier molecular flexibility index (Phi) is 3.36. The van der Waals surface area contributed by atoms with Crippen molar-refractivity contribution in [2.75, 3.05) is 13.1 Å². The van der Waals surface area contributed by atoms with Crippen LogP contribution in [0.1, 0.15) is 28.4 Å². The van der Waals surface area contributed by atoms with E-state index in [9.17, 15) is 9.59 Å². The van der Waals surface area contributed by atoms with Gasteiger partial charge in [0.05, 0.1) is 0 Å². The third-order valence-electron chi connectivity index (χ3n) is 3.37. The number of nitrogens with zero attached hydrogens (tertiary/aromatic N) is 1. The van der Waals surface area contributed by atoms with Crippen LogP contribution in [0.15, 0.2) is 18.2 Å². The Morgan fingerprint density at radius 3 is 2.78 bits per heavy atom. The third kappa shape index (κ3) is 2.23. The first-order valence-electron chi connectivity index (χ1n) is 6.16. The van der Waals surface area contributed by atoms with Crippen molar-refractivity contribution in [3.63, 3.8) is 0 Å². The summed E-state index contributed by atoms with van der Waals surface area (Å²) in [4.78, 5) is 25.6. The molecular weight excluding hydrogens is 228 g/mol.